The summed E-state index contributed by atoms with van der Waals surface area (Å²) in [6, 6.07) is 3.91. The first-order valence-corrected chi connectivity index (χ1v) is 10.2. The third kappa shape index (κ3) is 4.40. The third-order valence-corrected chi connectivity index (χ3v) is 5.45. The van der Waals surface area contributed by atoms with Crippen molar-refractivity contribution in [2.45, 2.75) is 54.1 Å². The molecule has 0 bridgehead atoms. The van der Waals surface area contributed by atoms with E-state index in [0.29, 0.717) is 28.0 Å². The first-order valence-electron chi connectivity index (χ1n) is 10.2. The van der Waals surface area contributed by atoms with E-state index >= 15 is 0 Å². The van der Waals surface area contributed by atoms with Crippen LogP contribution in [0, 0.1) is 27.7 Å². The molecule has 0 aliphatic heterocycles. The van der Waals surface area contributed by atoms with E-state index in [1.54, 1.807) is 27.0 Å². The van der Waals surface area contributed by atoms with E-state index in [4.69, 9.17) is 13.9 Å². The average Bonchev–Trinajstić information content (AvgIpc) is 3.21. The summed E-state index contributed by atoms with van der Waals surface area (Å²) in [6.45, 7) is 10.8. The van der Waals surface area contributed by atoms with E-state index in [9.17, 15) is 14.4 Å². The first-order chi connectivity index (χ1) is 14.6. The van der Waals surface area contributed by atoms with Crippen molar-refractivity contribution in [3.8, 4) is 0 Å². The molecule has 0 spiro atoms. The van der Waals surface area contributed by atoms with Crippen LogP contribution in [0.3, 0.4) is 0 Å². The molecule has 0 unspecified atom stereocenters. The van der Waals surface area contributed by atoms with Gasteiger partial charge in [0.15, 0.2) is 6.10 Å². The molecule has 2 heterocycles. The molecule has 7 heteroatoms. The van der Waals surface area contributed by atoms with Crippen LogP contribution in [0.5, 0.6) is 0 Å². The zero-order chi connectivity index (χ0) is 22.9. The van der Waals surface area contributed by atoms with Gasteiger partial charge >= 0.3 is 11.9 Å². The molecule has 1 N–H and O–H groups in total. The Morgan fingerprint density at radius 2 is 1.77 bits per heavy atom. The molecule has 0 saturated heterocycles. The van der Waals surface area contributed by atoms with Crippen LogP contribution < -0.4 is 0 Å². The third-order valence-electron chi connectivity index (χ3n) is 5.45. The fourth-order valence-electron chi connectivity index (χ4n) is 3.63. The van der Waals surface area contributed by atoms with Gasteiger partial charge in [0.05, 0.1) is 30.5 Å². The van der Waals surface area contributed by atoms with Crippen molar-refractivity contribution in [2.75, 3.05) is 6.61 Å². The van der Waals surface area contributed by atoms with Gasteiger partial charge in [-0.25, -0.2) is 4.79 Å². The highest BCUT2D eigenvalue weighted by atomic mass is 16.5. The number of hydrogen-bond acceptors (Lipinski definition) is 6. The van der Waals surface area contributed by atoms with Crippen molar-refractivity contribution in [1.82, 2.24) is 4.98 Å². The van der Waals surface area contributed by atoms with Crippen molar-refractivity contribution in [1.29, 1.82) is 0 Å². The Kier molecular flexibility index (Phi) is 6.34. The van der Waals surface area contributed by atoms with Crippen molar-refractivity contribution >= 4 is 28.7 Å². The van der Waals surface area contributed by atoms with Crippen LogP contribution in [0.4, 0.5) is 0 Å². The number of aryl methyl sites for hydroxylation is 3. The van der Waals surface area contributed by atoms with E-state index in [2.05, 4.69) is 4.98 Å². The monoisotopic (exact) mass is 425 g/mol. The number of hydrogen-bond donors (Lipinski definition) is 1. The minimum absolute atomic E-state index is 0.00999. The van der Waals surface area contributed by atoms with Crippen LogP contribution in [-0.2, 0) is 20.7 Å². The van der Waals surface area contributed by atoms with Crippen LogP contribution in [0.25, 0.3) is 11.0 Å². The molecular formula is C24H27NO6. The first kappa shape index (κ1) is 22.3. The SMILES string of the molecule is CCOC(=O)c1c(C)[nH]c(C(=O)[C@H](C)OC(=O)Cc2coc3cc(C)c(C)cc23)c1C. The fraction of sp³-hybridized carbons (Fsp3) is 0.375. The number of benzene rings is 1. The lowest BCUT2D eigenvalue weighted by Crippen LogP contribution is -2.26. The Bertz CT molecular complexity index is 1170. The van der Waals surface area contributed by atoms with Crippen molar-refractivity contribution < 1.29 is 28.3 Å². The normalized spacial score (nSPS) is 12.1. The summed E-state index contributed by atoms with van der Waals surface area (Å²) >= 11 is 0. The molecule has 3 rings (SSSR count). The number of Topliss-reactive ketones (excluding diaryl/α,β-unsaturated/α-hetero) is 1. The van der Waals surface area contributed by atoms with Gasteiger partial charge in [0.25, 0.3) is 0 Å². The van der Waals surface area contributed by atoms with E-state index < -0.39 is 23.8 Å². The van der Waals surface area contributed by atoms with Crippen molar-refractivity contribution in [3.05, 3.63) is 57.6 Å². The summed E-state index contributed by atoms with van der Waals surface area (Å²) in [5.74, 6) is -1.43. The number of esters is 2. The summed E-state index contributed by atoms with van der Waals surface area (Å²) in [7, 11) is 0. The molecule has 7 nitrogen and oxygen atoms in total. The average molecular weight is 425 g/mol. The number of carbonyl (C=O) groups is 3. The van der Waals surface area contributed by atoms with Crippen LogP contribution in [0.2, 0.25) is 0 Å². The number of rotatable bonds is 7. The van der Waals surface area contributed by atoms with Crippen LogP contribution in [0.1, 0.15) is 62.6 Å². The van der Waals surface area contributed by atoms with E-state index in [1.807, 2.05) is 26.0 Å². The standard InChI is InChI=1S/C24H27NO6/c1-7-29-24(28)21-14(4)22(25-15(21)5)23(27)16(6)31-20(26)10-17-11-30-19-9-13(3)12(2)8-18(17)19/h8-9,11,16,25H,7,10H2,1-6H3/t16-/m0/s1. The Balaban J connectivity index is 1.73. The van der Waals surface area contributed by atoms with Gasteiger partial charge in [-0.05, 0) is 70.4 Å². The molecule has 3 aromatic rings. The number of ether oxygens (including phenoxy) is 2. The molecule has 0 aliphatic rings. The largest absolute Gasteiger partial charge is 0.464 e. The number of nitrogens with one attached hydrogen (secondary N) is 1. The summed E-state index contributed by atoms with van der Waals surface area (Å²) in [5, 5.41) is 0.856. The predicted molar refractivity (Wildman–Crippen MR) is 115 cm³/mol. The Labute approximate surface area is 180 Å². The van der Waals surface area contributed by atoms with Gasteiger partial charge in [-0.15, -0.1) is 0 Å². The molecule has 164 valence electrons. The van der Waals surface area contributed by atoms with Gasteiger partial charge in [0.2, 0.25) is 5.78 Å². The minimum Gasteiger partial charge on any atom is -0.464 e. The minimum atomic E-state index is -1.01. The van der Waals surface area contributed by atoms with Crippen LogP contribution in [-0.4, -0.2) is 35.4 Å². The molecule has 1 atom stereocenters. The fourth-order valence-corrected chi connectivity index (χ4v) is 3.63. The van der Waals surface area contributed by atoms with Gasteiger partial charge in [-0.3, -0.25) is 9.59 Å². The van der Waals surface area contributed by atoms with E-state index in [1.165, 1.54) is 6.92 Å². The number of ketones is 1. The lowest BCUT2D eigenvalue weighted by molar-refractivity contribution is -0.145. The lowest BCUT2D eigenvalue weighted by atomic mass is 10.0. The molecule has 2 aromatic heterocycles. The van der Waals surface area contributed by atoms with Gasteiger partial charge in [0, 0.05) is 16.6 Å². The molecule has 0 fully saturated rings. The number of aromatic amines is 1. The Morgan fingerprint density at radius 1 is 1.10 bits per heavy atom. The summed E-state index contributed by atoms with van der Waals surface area (Å²) < 4.78 is 16.0. The number of furan rings is 1. The highest BCUT2D eigenvalue weighted by Crippen LogP contribution is 2.26. The van der Waals surface area contributed by atoms with Gasteiger partial charge < -0.3 is 18.9 Å². The maximum absolute atomic E-state index is 12.9. The number of H-pyrrole nitrogens is 1. The molecule has 0 amide bonds. The topological polar surface area (TPSA) is 98.6 Å². The quantitative estimate of drug-likeness (QED) is 0.441. The zero-order valence-electron chi connectivity index (χ0n) is 18.7. The van der Waals surface area contributed by atoms with Crippen molar-refractivity contribution in [2.24, 2.45) is 0 Å². The summed E-state index contributed by atoms with van der Waals surface area (Å²) in [5.41, 5.74) is 5.21. The molecule has 0 radical (unpaired) electrons. The summed E-state index contributed by atoms with van der Waals surface area (Å²) in [4.78, 5) is 40.4. The molecule has 31 heavy (non-hydrogen) atoms. The van der Waals surface area contributed by atoms with Gasteiger partial charge in [-0.1, -0.05) is 0 Å². The van der Waals surface area contributed by atoms with Crippen molar-refractivity contribution in [3.63, 3.8) is 0 Å². The highest BCUT2D eigenvalue weighted by Gasteiger charge is 2.27. The van der Waals surface area contributed by atoms with Gasteiger partial charge in [0.1, 0.15) is 5.58 Å². The second kappa shape index (κ2) is 8.79. The second-order valence-electron chi connectivity index (χ2n) is 7.71. The van der Waals surface area contributed by atoms with E-state index in [-0.39, 0.29) is 18.7 Å². The summed E-state index contributed by atoms with van der Waals surface area (Å²) in [6.07, 6.45) is 0.521. The van der Waals surface area contributed by atoms with Gasteiger partial charge in [-0.2, -0.15) is 0 Å². The second-order valence-corrected chi connectivity index (χ2v) is 7.71. The van der Waals surface area contributed by atoms with Crippen LogP contribution in [0.15, 0.2) is 22.8 Å². The smallest absolute Gasteiger partial charge is 0.340 e. The Morgan fingerprint density at radius 3 is 2.45 bits per heavy atom. The number of fused-ring (bicyclic) bond motifs is 1. The highest BCUT2D eigenvalue weighted by molar-refractivity contribution is 6.04. The molecule has 0 aliphatic carbocycles. The maximum Gasteiger partial charge on any atom is 0.340 e. The molecular weight excluding hydrogens is 398 g/mol. The Hall–Kier alpha value is -3.35. The maximum atomic E-state index is 12.9. The molecule has 0 saturated carbocycles. The predicted octanol–water partition coefficient (Wildman–Crippen LogP) is 4.53. The molecule has 1 aromatic carbocycles. The number of carbonyl (C=O) groups excluding carboxylic acids is 3. The lowest BCUT2D eigenvalue weighted by Gasteiger charge is -2.12. The van der Waals surface area contributed by atoms with Crippen LogP contribution >= 0.6 is 0 Å². The number of aromatic nitrogens is 1. The van der Waals surface area contributed by atoms with E-state index in [0.717, 1.165) is 16.5 Å². The zero-order valence-corrected chi connectivity index (χ0v) is 18.7.